The first-order chi connectivity index (χ1) is 10.1. The Hall–Kier alpha value is -2.09. The monoisotopic (exact) mass is 282 g/mol. The van der Waals surface area contributed by atoms with Crippen LogP contribution in [0.25, 0.3) is 0 Å². The van der Waals surface area contributed by atoms with Gasteiger partial charge in [-0.2, -0.15) is 0 Å². The number of rotatable bonds is 6. The lowest BCUT2D eigenvalue weighted by atomic mass is 9.86. The van der Waals surface area contributed by atoms with Gasteiger partial charge in [0.1, 0.15) is 0 Å². The number of aliphatic carboxylic acids is 1. The van der Waals surface area contributed by atoms with Gasteiger partial charge in [0.15, 0.2) is 0 Å². The summed E-state index contributed by atoms with van der Waals surface area (Å²) in [7, 11) is 0. The Bertz CT molecular complexity index is 536. The molecule has 0 aliphatic carbocycles. The van der Waals surface area contributed by atoms with Crippen LogP contribution in [0.2, 0.25) is 0 Å². The van der Waals surface area contributed by atoms with E-state index in [1.54, 1.807) is 0 Å². The lowest BCUT2D eigenvalue weighted by Gasteiger charge is -2.18. The number of hydrogen-bond donors (Lipinski definition) is 1. The van der Waals surface area contributed by atoms with Gasteiger partial charge in [0, 0.05) is 12.3 Å². The highest BCUT2D eigenvalue weighted by Crippen LogP contribution is 2.30. The Morgan fingerprint density at radius 1 is 0.905 bits per heavy atom. The number of aryl methyl sites for hydroxylation is 2. The number of carboxylic acids is 1. The van der Waals surface area contributed by atoms with Gasteiger partial charge in [0.25, 0.3) is 0 Å². The van der Waals surface area contributed by atoms with Crippen LogP contribution in [0.15, 0.2) is 48.5 Å². The number of hydrogen-bond acceptors (Lipinski definition) is 1. The third-order valence-corrected chi connectivity index (χ3v) is 3.84. The predicted octanol–water partition coefficient (Wildman–Crippen LogP) is 4.69. The molecule has 0 unspecified atom stereocenters. The average Bonchev–Trinajstić information content (AvgIpc) is 2.46. The zero-order valence-electron chi connectivity index (χ0n) is 12.7. The quantitative estimate of drug-likeness (QED) is 0.834. The first kappa shape index (κ1) is 15.3. The molecule has 0 amide bonds. The molecule has 110 valence electrons. The van der Waals surface area contributed by atoms with Crippen molar-refractivity contribution in [1.29, 1.82) is 0 Å². The van der Waals surface area contributed by atoms with E-state index >= 15 is 0 Å². The van der Waals surface area contributed by atoms with Gasteiger partial charge >= 0.3 is 5.97 Å². The third kappa shape index (κ3) is 4.45. The zero-order chi connectivity index (χ0) is 15.2. The summed E-state index contributed by atoms with van der Waals surface area (Å²) in [4.78, 5) is 10.7. The Labute approximate surface area is 126 Å². The van der Waals surface area contributed by atoms with Crippen LogP contribution in [0.1, 0.15) is 47.4 Å². The maximum atomic E-state index is 10.7. The van der Waals surface area contributed by atoms with Crippen LogP contribution < -0.4 is 0 Å². The second-order valence-electron chi connectivity index (χ2n) is 5.66. The second kappa shape index (κ2) is 7.07. The molecule has 2 rings (SSSR count). The molecule has 1 N–H and O–H groups in total. The number of carbonyl (C=O) groups is 1. The molecule has 0 heterocycles. The summed E-state index contributed by atoms with van der Waals surface area (Å²) in [6, 6.07) is 17.1. The zero-order valence-corrected chi connectivity index (χ0v) is 12.7. The van der Waals surface area contributed by atoms with Gasteiger partial charge in [0.2, 0.25) is 0 Å². The van der Waals surface area contributed by atoms with Gasteiger partial charge in [-0.1, -0.05) is 59.7 Å². The fraction of sp³-hybridized carbons (Fsp3) is 0.316. The van der Waals surface area contributed by atoms with Crippen LogP contribution in [0.4, 0.5) is 0 Å². The van der Waals surface area contributed by atoms with Crippen molar-refractivity contribution in [2.24, 2.45) is 0 Å². The summed E-state index contributed by atoms with van der Waals surface area (Å²) in [5, 5.41) is 8.84. The topological polar surface area (TPSA) is 37.3 Å². The molecule has 0 bridgehead atoms. The van der Waals surface area contributed by atoms with Crippen LogP contribution in [0.3, 0.4) is 0 Å². The van der Waals surface area contributed by atoms with Crippen LogP contribution in [0.5, 0.6) is 0 Å². The molecule has 0 aliphatic rings. The van der Waals surface area contributed by atoms with Crippen LogP contribution in [-0.2, 0) is 4.79 Å². The normalized spacial score (nSPS) is 10.8. The van der Waals surface area contributed by atoms with Crippen molar-refractivity contribution in [3.8, 4) is 0 Å². The Balaban J connectivity index is 2.22. The van der Waals surface area contributed by atoms with E-state index in [1.807, 2.05) is 0 Å². The fourth-order valence-electron chi connectivity index (χ4n) is 2.58. The Morgan fingerprint density at radius 3 is 1.71 bits per heavy atom. The van der Waals surface area contributed by atoms with Gasteiger partial charge in [0.05, 0.1) is 0 Å². The van der Waals surface area contributed by atoms with Crippen molar-refractivity contribution < 1.29 is 9.90 Å². The molecule has 2 nitrogen and oxygen atoms in total. The van der Waals surface area contributed by atoms with Crippen molar-refractivity contribution in [3.05, 3.63) is 70.8 Å². The molecule has 0 saturated heterocycles. The van der Waals surface area contributed by atoms with E-state index in [0.29, 0.717) is 6.42 Å². The van der Waals surface area contributed by atoms with Gasteiger partial charge < -0.3 is 5.11 Å². The largest absolute Gasteiger partial charge is 0.481 e. The summed E-state index contributed by atoms with van der Waals surface area (Å²) in [5.41, 5.74) is 5.00. The lowest BCUT2D eigenvalue weighted by Crippen LogP contribution is -2.03. The van der Waals surface area contributed by atoms with Crippen molar-refractivity contribution in [1.82, 2.24) is 0 Å². The van der Waals surface area contributed by atoms with Crippen LogP contribution in [-0.4, -0.2) is 11.1 Å². The summed E-state index contributed by atoms with van der Waals surface area (Å²) in [5.74, 6) is -0.452. The van der Waals surface area contributed by atoms with Gasteiger partial charge in [-0.05, 0) is 37.8 Å². The van der Waals surface area contributed by atoms with Crippen molar-refractivity contribution in [2.75, 3.05) is 0 Å². The fourth-order valence-corrected chi connectivity index (χ4v) is 2.58. The summed E-state index contributed by atoms with van der Waals surface area (Å²) in [6.07, 6.45) is 1.79. The highest BCUT2D eigenvalue weighted by atomic mass is 16.4. The molecule has 21 heavy (non-hydrogen) atoms. The average molecular weight is 282 g/mol. The Morgan fingerprint density at radius 2 is 1.33 bits per heavy atom. The molecular formula is C19H22O2. The van der Waals surface area contributed by atoms with E-state index in [-0.39, 0.29) is 12.3 Å². The predicted molar refractivity (Wildman–Crippen MR) is 85.7 cm³/mol. The first-order valence-electron chi connectivity index (χ1n) is 7.41. The Kier molecular flexibility index (Phi) is 5.15. The van der Waals surface area contributed by atoms with E-state index in [1.165, 1.54) is 22.3 Å². The van der Waals surface area contributed by atoms with Crippen molar-refractivity contribution in [3.63, 3.8) is 0 Å². The standard InChI is InChI=1S/C19H22O2/c1-14-6-10-16(11-7-14)18(4-3-5-19(20)21)17-12-8-15(2)9-13-17/h6-13,18H,3-5H2,1-2H3,(H,20,21). The molecule has 0 aliphatic heterocycles. The highest BCUT2D eigenvalue weighted by molar-refractivity contribution is 5.66. The van der Waals surface area contributed by atoms with E-state index in [2.05, 4.69) is 62.4 Å². The van der Waals surface area contributed by atoms with Crippen molar-refractivity contribution in [2.45, 2.75) is 39.0 Å². The lowest BCUT2D eigenvalue weighted by molar-refractivity contribution is -0.137. The molecule has 0 spiro atoms. The smallest absolute Gasteiger partial charge is 0.303 e. The highest BCUT2D eigenvalue weighted by Gasteiger charge is 2.14. The first-order valence-corrected chi connectivity index (χ1v) is 7.41. The van der Waals surface area contributed by atoms with E-state index in [9.17, 15) is 4.79 Å². The molecular weight excluding hydrogens is 260 g/mol. The molecule has 2 heteroatoms. The van der Waals surface area contributed by atoms with Gasteiger partial charge in [-0.25, -0.2) is 0 Å². The summed E-state index contributed by atoms with van der Waals surface area (Å²) in [6.45, 7) is 4.16. The molecule has 0 atom stereocenters. The molecule has 0 fully saturated rings. The minimum Gasteiger partial charge on any atom is -0.481 e. The van der Waals surface area contributed by atoms with Crippen LogP contribution >= 0.6 is 0 Å². The summed E-state index contributed by atoms with van der Waals surface area (Å²) < 4.78 is 0. The van der Waals surface area contributed by atoms with Gasteiger partial charge in [-0.3, -0.25) is 4.79 Å². The maximum Gasteiger partial charge on any atom is 0.303 e. The van der Waals surface area contributed by atoms with E-state index < -0.39 is 5.97 Å². The molecule has 0 saturated carbocycles. The third-order valence-electron chi connectivity index (χ3n) is 3.84. The SMILES string of the molecule is Cc1ccc(C(CCCC(=O)O)c2ccc(C)cc2)cc1. The molecule has 0 radical (unpaired) electrons. The number of carboxylic acid groups (broad SMARTS) is 1. The second-order valence-corrected chi connectivity index (χ2v) is 5.66. The van der Waals surface area contributed by atoms with E-state index in [4.69, 9.17) is 5.11 Å². The van der Waals surface area contributed by atoms with Crippen molar-refractivity contribution >= 4 is 5.97 Å². The number of benzene rings is 2. The minimum atomic E-state index is -0.721. The van der Waals surface area contributed by atoms with Crippen LogP contribution in [0, 0.1) is 13.8 Å². The molecule has 2 aromatic rings. The van der Waals surface area contributed by atoms with Gasteiger partial charge in [-0.15, -0.1) is 0 Å². The summed E-state index contributed by atoms with van der Waals surface area (Å²) >= 11 is 0. The molecule has 0 aromatic heterocycles. The minimum absolute atomic E-state index is 0.230. The molecule has 2 aromatic carbocycles. The maximum absolute atomic E-state index is 10.7. The van der Waals surface area contributed by atoms with E-state index in [0.717, 1.165) is 6.42 Å².